The summed E-state index contributed by atoms with van der Waals surface area (Å²) in [6, 6.07) is 16.6. The summed E-state index contributed by atoms with van der Waals surface area (Å²) < 4.78 is 5.99. The molecule has 0 radical (unpaired) electrons. The molecule has 0 aliphatic carbocycles. The number of aryl methyl sites for hydroxylation is 1. The zero-order valence-electron chi connectivity index (χ0n) is 13.6. The van der Waals surface area contributed by atoms with Crippen LogP contribution in [0, 0.1) is 6.92 Å². The van der Waals surface area contributed by atoms with E-state index >= 15 is 0 Å². The lowest BCUT2D eigenvalue weighted by Crippen LogP contribution is -2.07. The van der Waals surface area contributed by atoms with E-state index in [1.54, 1.807) is 0 Å². The molecule has 0 unspecified atom stereocenters. The second kappa shape index (κ2) is 6.71. The van der Waals surface area contributed by atoms with Gasteiger partial charge in [-0.1, -0.05) is 46.3 Å². The first-order valence-corrected chi connectivity index (χ1v) is 8.93. The average molecular weight is 370 g/mol. The highest BCUT2D eigenvalue weighted by atomic mass is 79.9. The molecule has 0 spiro atoms. The molecule has 2 aromatic carbocycles. The highest BCUT2D eigenvalue weighted by Gasteiger charge is 2.14. The summed E-state index contributed by atoms with van der Waals surface area (Å²) in [4.78, 5) is 4.97. The number of rotatable bonds is 4. The summed E-state index contributed by atoms with van der Waals surface area (Å²) in [5.74, 6) is 0.880. The monoisotopic (exact) mass is 369 g/mol. The van der Waals surface area contributed by atoms with E-state index in [0.29, 0.717) is 0 Å². The summed E-state index contributed by atoms with van der Waals surface area (Å²) in [6.45, 7) is 6.18. The zero-order chi connectivity index (χ0) is 16.4. The maximum absolute atomic E-state index is 5.99. The average Bonchev–Trinajstić information content (AvgIpc) is 2.54. The Labute approximate surface area is 145 Å². The van der Waals surface area contributed by atoms with Gasteiger partial charge in [-0.2, -0.15) is 0 Å². The van der Waals surface area contributed by atoms with Crippen molar-refractivity contribution in [3.63, 3.8) is 0 Å². The minimum atomic E-state index is 0.130. The fraction of sp³-hybridized carbons (Fsp3) is 0.250. The molecule has 0 saturated heterocycles. The van der Waals surface area contributed by atoms with Gasteiger partial charge < -0.3 is 4.74 Å². The predicted molar refractivity (Wildman–Crippen MR) is 100 cm³/mol. The molecule has 0 N–H and O–H groups in total. The third-order valence-electron chi connectivity index (χ3n) is 3.78. The van der Waals surface area contributed by atoms with Gasteiger partial charge in [0.1, 0.15) is 5.75 Å². The van der Waals surface area contributed by atoms with Crippen molar-refractivity contribution in [2.24, 2.45) is 0 Å². The van der Waals surface area contributed by atoms with E-state index in [2.05, 4.69) is 53.2 Å². The van der Waals surface area contributed by atoms with E-state index < -0.39 is 0 Å². The van der Waals surface area contributed by atoms with E-state index in [4.69, 9.17) is 9.72 Å². The Hall–Kier alpha value is -1.87. The molecular formula is C20H20BrNO. The van der Waals surface area contributed by atoms with E-state index in [1.165, 1.54) is 16.5 Å². The Kier molecular flexibility index (Phi) is 4.67. The molecule has 3 heteroatoms. The molecule has 23 heavy (non-hydrogen) atoms. The lowest BCUT2D eigenvalue weighted by atomic mass is 10.0. The Morgan fingerprint density at radius 1 is 1.09 bits per heavy atom. The molecule has 0 atom stereocenters. The van der Waals surface area contributed by atoms with Crippen LogP contribution in [0.3, 0.4) is 0 Å². The molecule has 118 valence electrons. The molecule has 3 aromatic rings. The standard InChI is InChI=1S/C20H20BrNO/c1-13(2)23-18-10-5-4-9-17(18)20-16(12-21)11-15-8-6-7-14(3)19(15)22-20/h4-11,13H,12H2,1-3H3. The minimum absolute atomic E-state index is 0.130. The zero-order valence-corrected chi connectivity index (χ0v) is 15.2. The van der Waals surface area contributed by atoms with Gasteiger partial charge >= 0.3 is 0 Å². The molecule has 2 nitrogen and oxygen atoms in total. The largest absolute Gasteiger partial charge is 0.490 e. The number of fused-ring (bicyclic) bond motifs is 1. The Bertz CT molecular complexity index is 842. The fourth-order valence-electron chi connectivity index (χ4n) is 2.74. The van der Waals surface area contributed by atoms with Crippen LogP contribution in [0.4, 0.5) is 0 Å². The van der Waals surface area contributed by atoms with Crippen molar-refractivity contribution in [2.75, 3.05) is 0 Å². The Morgan fingerprint density at radius 2 is 1.87 bits per heavy atom. The van der Waals surface area contributed by atoms with Gasteiger partial charge in [0.15, 0.2) is 0 Å². The van der Waals surface area contributed by atoms with Gasteiger partial charge in [-0.3, -0.25) is 0 Å². The Balaban J connectivity index is 2.25. The molecule has 0 fully saturated rings. The van der Waals surface area contributed by atoms with Gasteiger partial charge in [0.25, 0.3) is 0 Å². The van der Waals surface area contributed by atoms with Crippen molar-refractivity contribution in [3.05, 3.63) is 59.7 Å². The summed E-state index contributed by atoms with van der Waals surface area (Å²) in [5.41, 5.74) is 5.43. The minimum Gasteiger partial charge on any atom is -0.490 e. The van der Waals surface area contributed by atoms with Crippen LogP contribution in [-0.4, -0.2) is 11.1 Å². The first-order valence-electron chi connectivity index (χ1n) is 7.81. The quantitative estimate of drug-likeness (QED) is 0.534. The predicted octanol–water partition coefficient (Wildman–Crippen LogP) is 5.89. The van der Waals surface area contributed by atoms with Crippen molar-refractivity contribution in [1.82, 2.24) is 4.98 Å². The first-order chi connectivity index (χ1) is 11.1. The van der Waals surface area contributed by atoms with Gasteiger partial charge in [0, 0.05) is 16.3 Å². The van der Waals surface area contributed by atoms with Crippen molar-refractivity contribution in [3.8, 4) is 17.0 Å². The lowest BCUT2D eigenvalue weighted by molar-refractivity contribution is 0.243. The molecule has 0 saturated carbocycles. The summed E-state index contributed by atoms with van der Waals surface area (Å²) >= 11 is 3.60. The van der Waals surface area contributed by atoms with E-state index in [-0.39, 0.29) is 6.10 Å². The van der Waals surface area contributed by atoms with E-state index in [0.717, 1.165) is 27.9 Å². The summed E-state index contributed by atoms with van der Waals surface area (Å²) in [5, 5.41) is 1.93. The second-order valence-electron chi connectivity index (χ2n) is 5.94. The summed E-state index contributed by atoms with van der Waals surface area (Å²) in [6.07, 6.45) is 0.130. The SMILES string of the molecule is Cc1cccc2cc(CBr)c(-c3ccccc3OC(C)C)nc12. The second-order valence-corrected chi connectivity index (χ2v) is 6.50. The smallest absolute Gasteiger partial charge is 0.129 e. The number of benzene rings is 2. The topological polar surface area (TPSA) is 22.1 Å². The van der Waals surface area contributed by atoms with Crippen molar-refractivity contribution in [1.29, 1.82) is 0 Å². The van der Waals surface area contributed by atoms with Crippen LogP contribution in [0.1, 0.15) is 25.0 Å². The molecular weight excluding hydrogens is 350 g/mol. The maximum Gasteiger partial charge on any atom is 0.129 e. The molecule has 0 aliphatic rings. The van der Waals surface area contributed by atoms with E-state index in [1.807, 2.05) is 32.0 Å². The number of nitrogens with zero attached hydrogens (tertiary/aromatic N) is 1. The van der Waals surface area contributed by atoms with Gasteiger partial charge in [-0.15, -0.1) is 0 Å². The van der Waals surface area contributed by atoms with Gasteiger partial charge in [-0.25, -0.2) is 4.98 Å². The number of alkyl halides is 1. The van der Waals surface area contributed by atoms with Crippen LogP contribution < -0.4 is 4.74 Å². The molecule has 0 aliphatic heterocycles. The van der Waals surface area contributed by atoms with Gasteiger partial charge in [0.05, 0.1) is 17.3 Å². The van der Waals surface area contributed by atoms with Crippen molar-refractivity contribution < 1.29 is 4.74 Å². The van der Waals surface area contributed by atoms with Crippen LogP contribution in [0.5, 0.6) is 5.75 Å². The molecule has 1 heterocycles. The molecule has 0 amide bonds. The highest BCUT2D eigenvalue weighted by Crippen LogP contribution is 2.34. The number of aromatic nitrogens is 1. The van der Waals surface area contributed by atoms with Crippen LogP contribution >= 0.6 is 15.9 Å². The van der Waals surface area contributed by atoms with Crippen LogP contribution in [0.2, 0.25) is 0 Å². The molecule has 0 bridgehead atoms. The van der Waals surface area contributed by atoms with Gasteiger partial charge in [-0.05, 0) is 50.1 Å². The number of hydrogen-bond donors (Lipinski definition) is 0. The van der Waals surface area contributed by atoms with Gasteiger partial charge in [0.2, 0.25) is 0 Å². The number of ether oxygens (including phenoxy) is 1. The van der Waals surface area contributed by atoms with Crippen molar-refractivity contribution in [2.45, 2.75) is 32.2 Å². The number of halogens is 1. The third-order valence-corrected chi connectivity index (χ3v) is 4.38. The number of para-hydroxylation sites is 2. The first kappa shape index (κ1) is 16.0. The van der Waals surface area contributed by atoms with Crippen molar-refractivity contribution >= 4 is 26.8 Å². The number of pyridine rings is 1. The van der Waals surface area contributed by atoms with Crippen LogP contribution in [0.15, 0.2) is 48.5 Å². The summed E-state index contributed by atoms with van der Waals surface area (Å²) in [7, 11) is 0. The van der Waals surface area contributed by atoms with Crippen LogP contribution in [0.25, 0.3) is 22.2 Å². The molecule has 3 rings (SSSR count). The molecule has 1 aromatic heterocycles. The number of hydrogen-bond acceptors (Lipinski definition) is 2. The third kappa shape index (κ3) is 3.25. The fourth-order valence-corrected chi connectivity index (χ4v) is 3.17. The highest BCUT2D eigenvalue weighted by molar-refractivity contribution is 9.08. The Morgan fingerprint density at radius 3 is 2.61 bits per heavy atom. The van der Waals surface area contributed by atoms with Crippen LogP contribution in [-0.2, 0) is 5.33 Å². The normalized spacial score (nSPS) is 11.2. The van der Waals surface area contributed by atoms with E-state index in [9.17, 15) is 0 Å². The lowest BCUT2D eigenvalue weighted by Gasteiger charge is -2.16. The maximum atomic E-state index is 5.99.